The molecule has 6 heteroatoms. The van der Waals surface area contributed by atoms with E-state index in [1.165, 1.54) is 12.1 Å². The number of hydrogen-bond donors (Lipinski definition) is 3. The van der Waals surface area contributed by atoms with Gasteiger partial charge in [-0.15, -0.1) is 0 Å². The highest BCUT2D eigenvalue weighted by atomic mass is 16.5. The maximum Gasteiger partial charge on any atom is 0.334 e. The molecule has 2 rings (SSSR count). The zero-order chi connectivity index (χ0) is 16.8. The zero-order valence-corrected chi connectivity index (χ0v) is 13.2. The Kier molecular flexibility index (Phi) is 5.41. The standard InChI is InChI=1S/C17H20N2O4/c1-3-23-17(22)13-9-8-12(10-11(13)2)18-19-16(21)14-6-4-5-7-15(14)20/h4-8,18,20H,3,9-10H2,1-2H3,(H,19,21). The van der Waals surface area contributed by atoms with E-state index in [2.05, 4.69) is 10.9 Å². The largest absolute Gasteiger partial charge is 0.507 e. The number of amides is 1. The Morgan fingerprint density at radius 2 is 2.04 bits per heavy atom. The Morgan fingerprint density at radius 3 is 2.70 bits per heavy atom. The van der Waals surface area contributed by atoms with Crippen LogP contribution in [-0.4, -0.2) is 23.6 Å². The van der Waals surface area contributed by atoms with Gasteiger partial charge in [-0.3, -0.25) is 10.2 Å². The van der Waals surface area contributed by atoms with Crippen molar-refractivity contribution in [3.8, 4) is 5.75 Å². The minimum absolute atomic E-state index is 0.0786. The molecular weight excluding hydrogens is 296 g/mol. The van der Waals surface area contributed by atoms with Gasteiger partial charge in [0.25, 0.3) is 5.91 Å². The first-order chi connectivity index (χ1) is 11.0. The summed E-state index contributed by atoms with van der Waals surface area (Å²) in [6, 6.07) is 6.31. The Labute approximate surface area is 134 Å². The number of phenols is 1. The number of benzene rings is 1. The number of allylic oxidation sites excluding steroid dienone is 2. The number of para-hydroxylation sites is 1. The summed E-state index contributed by atoms with van der Waals surface area (Å²) in [5, 5.41) is 9.64. The smallest absolute Gasteiger partial charge is 0.334 e. The monoisotopic (exact) mass is 316 g/mol. The van der Waals surface area contributed by atoms with E-state index >= 15 is 0 Å². The van der Waals surface area contributed by atoms with Crippen molar-refractivity contribution in [1.29, 1.82) is 0 Å². The van der Waals surface area contributed by atoms with Gasteiger partial charge in [-0.1, -0.05) is 23.8 Å². The molecule has 0 radical (unpaired) electrons. The van der Waals surface area contributed by atoms with E-state index < -0.39 is 5.91 Å². The second-order valence-electron chi connectivity index (χ2n) is 5.19. The third kappa shape index (κ3) is 4.12. The highest BCUT2D eigenvalue weighted by Crippen LogP contribution is 2.23. The van der Waals surface area contributed by atoms with Crippen LogP contribution in [0, 0.1) is 0 Å². The summed E-state index contributed by atoms with van der Waals surface area (Å²) in [4.78, 5) is 23.8. The van der Waals surface area contributed by atoms with Gasteiger partial charge in [0.05, 0.1) is 12.2 Å². The van der Waals surface area contributed by atoms with Crippen LogP contribution in [0.4, 0.5) is 0 Å². The van der Waals surface area contributed by atoms with Crippen molar-refractivity contribution >= 4 is 11.9 Å². The van der Waals surface area contributed by atoms with E-state index in [-0.39, 0.29) is 17.3 Å². The highest BCUT2D eigenvalue weighted by Gasteiger charge is 2.18. The van der Waals surface area contributed by atoms with Crippen LogP contribution < -0.4 is 10.9 Å². The quantitative estimate of drug-likeness (QED) is 0.572. The van der Waals surface area contributed by atoms with Crippen molar-refractivity contribution in [3.63, 3.8) is 0 Å². The average Bonchev–Trinajstić information content (AvgIpc) is 2.53. The topological polar surface area (TPSA) is 87.7 Å². The van der Waals surface area contributed by atoms with Crippen LogP contribution in [0.2, 0.25) is 0 Å². The minimum atomic E-state index is -0.429. The normalized spacial score (nSPS) is 14.1. The van der Waals surface area contributed by atoms with Crippen molar-refractivity contribution in [3.05, 3.63) is 52.7 Å². The molecular formula is C17H20N2O4. The lowest BCUT2D eigenvalue weighted by Crippen LogP contribution is -2.37. The molecule has 0 heterocycles. The third-order valence-corrected chi connectivity index (χ3v) is 3.53. The molecule has 122 valence electrons. The predicted octanol–water partition coefficient (Wildman–Crippen LogP) is 2.18. The summed E-state index contributed by atoms with van der Waals surface area (Å²) in [7, 11) is 0. The number of ether oxygens (including phenoxy) is 1. The maximum atomic E-state index is 12.0. The molecule has 0 aliphatic heterocycles. The third-order valence-electron chi connectivity index (χ3n) is 3.53. The van der Waals surface area contributed by atoms with Crippen molar-refractivity contribution in [1.82, 2.24) is 10.9 Å². The number of hydrogen-bond acceptors (Lipinski definition) is 5. The van der Waals surface area contributed by atoms with Crippen LogP contribution in [-0.2, 0) is 9.53 Å². The molecule has 0 saturated heterocycles. The van der Waals surface area contributed by atoms with Gasteiger partial charge in [-0.05, 0) is 32.4 Å². The summed E-state index contributed by atoms with van der Waals surface area (Å²) >= 11 is 0. The summed E-state index contributed by atoms with van der Waals surface area (Å²) in [6.45, 7) is 3.99. The minimum Gasteiger partial charge on any atom is -0.507 e. The summed E-state index contributed by atoms with van der Waals surface area (Å²) in [6.07, 6.45) is 2.82. The van der Waals surface area contributed by atoms with Crippen LogP contribution in [0.25, 0.3) is 0 Å². The van der Waals surface area contributed by atoms with E-state index in [4.69, 9.17) is 4.74 Å². The van der Waals surface area contributed by atoms with E-state index in [1.54, 1.807) is 19.1 Å². The lowest BCUT2D eigenvalue weighted by molar-refractivity contribution is -0.138. The van der Waals surface area contributed by atoms with Crippen LogP contribution in [0.15, 0.2) is 47.2 Å². The van der Waals surface area contributed by atoms with E-state index in [0.717, 1.165) is 11.3 Å². The second-order valence-corrected chi connectivity index (χ2v) is 5.19. The van der Waals surface area contributed by atoms with Crippen molar-refractivity contribution in [2.75, 3.05) is 6.61 Å². The van der Waals surface area contributed by atoms with E-state index in [0.29, 0.717) is 25.0 Å². The molecule has 0 fully saturated rings. The van der Waals surface area contributed by atoms with Gasteiger partial charge in [-0.2, -0.15) is 0 Å². The first-order valence-corrected chi connectivity index (χ1v) is 7.42. The number of phenolic OH excluding ortho intramolecular Hbond substituents is 1. The molecule has 23 heavy (non-hydrogen) atoms. The Bertz CT molecular complexity index is 677. The Hall–Kier alpha value is -2.76. The van der Waals surface area contributed by atoms with Gasteiger partial charge in [0, 0.05) is 17.7 Å². The lowest BCUT2D eigenvalue weighted by Gasteiger charge is -2.19. The maximum absolute atomic E-state index is 12.0. The van der Waals surface area contributed by atoms with E-state index in [1.807, 2.05) is 13.0 Å². The Balaban J connectivity index is 1.93. The SMILES string of the molecule is CCOC(=O)C1=C(C)CC(NNC(=O)c2ccccc2O)=CC1. The van der Waals surface area contributed by atoms with Gasteiger partial charge in [0.2, 0.25) is 0 Å². The Morgan fingerprint density at radius 1 is 1.30 bits per heavy atom. The second kappa shape index (κ2) is 7.49. The molecule has 0 spiro atoms. The molecule has 0 aromatic heterocycles. The number of carbonyl (C=O) groups is 2. The molecule has 1 amide bonds. The van der Waals surface area contributed by atoms with Crippen molar-refractivity contribution < 1.29 is 19.4 Å². The molecule has 0 atom stereocenters. The molecule has 1 aromatic carbocycles. The fourth-order valence-electron chi connectivity index (χ4n) is 2.31. The van der Waals surface area contributed by atoms with E-state index in [9.17, 15) is 14.7 Å². The van der Waals surface area contributed by atoms with Gasteiger partial charge >= 0.3 is 5.97 Å². The summed E-state index contributed by atoms with van der Waals surface area (Å²) in [5.41, 5.74) is 7.92. The van der Waals surface area contributed by atoms with Crippen LogP contribution in [0.3, 0.4) is 0 Å². The number of esters is 1. The molecule has 1 aromatic rings. The first kappa shape index (κ1) is 16.6. The van der Waals surface area contributed by atoms with Crippen molar-refractivity contribution in [2.24, 2.45) is 0 Å². The molecule has 0 unspecified atom stereocenters. The van der Waals surface area contributed by atoms with Crippen LogP contribution in [0.5, 0.6) is 5.75 Å². The number of carbonyl (C=O) groups excluding carboxylic acids is 2. The molecule has 1 aliphatic rings. The first-order valence-electron chi connectivity index (χ1n) is 7.42. The molecule has 0 saturated carbocycles. The highest BCUT2D eigenvalue weighted by molar-refractivity contribution is 5.96. The van der Waals surface area contributed by atoms with Gasteiger partial charge < -0.3 is 15.3 Å². The van der Waals surface area contributed by atoms with Gasteiger partial charge in [0.1, 0.15) is 5.75 Å². The van der Waals surface area contributed by atoms with Crippen molar-refractivity contribution in [2.45, 2.75) is 26.7 Å². The molecule has 0 bridgehead atoms. The summed E-state index contributed by atoms with van der Waals surface area (Å²) < 4.78 is 5.01. The van der Waals surface area contributed by atoms with Crippen LogP contribution >= 0.6 is 0 Å². The number of aromatic hydroxyl groups is 1. The molecule has 1 aliphatic carbocycles. The van der Waals surface area contributed by atoms with Gasteiger partial charge in [-0.25, -0.2) is 4.79 Å². The molecule has 3 N–H and O–H groups in total. The average molecular weight is 316 g/mol. The zero-order valence-electron chi connectivity index (χ0n) is 13.2. The van der Waals surface area contributed by atoms with Gasteiger partial charge in [0.15, 0.2) is 0 Å². The van der Waals surface area contributed by atoms with Crippen LogP contribution in [0.1, 0.15) is 37.0 Å². The fraction of sp³-hybridized carbons (Fsp3) is 0.294. The lowest BCUT2D eigenvalue weighted by atomic mass is 9.96. The molecule has 6 nitrogen and oxygen atoms in total. The number of hydrazine groups is 1. The fourth-order valence-corrected chi connectivity index (χ4v) is 2.31. The number of rotatable bonds is 5. The predicted molar refractivity (Wildman–Crippen MR) is 85.4 cm³/mol. The number of nitrogens with one attached hydrogen (secondary N) is 2. The summed E-state index contributed by atoms with van der Waals surface area (Å²) in [5.74, 6) is -0.800.